The van der Waals surface area contributed by atoms with E-state index in [0.717, 1.165) is 18.9 Å². The maximum atomic E-state index is 4.80. The SMILES string of the molecule is CNCc1cc(C(C)C)nc(N(C)CC(C)(C)C)c1. The molecular formula is C16H29N3. The van der Waals surface area contributed by atoms with Crippen LogP contribution in [0.3, 0.4) is 0 Å². The first kappa shape index (κ1) is 16.0. The summed E-state index contributed by atoms with van der Waals surface area (Å²) in [5.41, 5.74) is 2.74. The maximum absolute atomic E-state index is 4.80. The Hall–Kier alpha value is -1.09. The average molecular weight is 263 g/mol. The van der Waals surface area contributed by atoms with E-state index >= 15 is 0 Å². The molecule has 0 amide bonds. The predicted molar refractivity (Wildman–Crippen MR) is 83.8 cm³/mol. The van der Waals surface area contributed by atoms with Crippen LogP contribution in [-0.4, -0.2) is 25.6 Å². The van der Waals surface area contributed by atoms with Gasteiger partial charge in [-0.05, 0) is 36.1 Å². The van der Waals surface area contributed by atoms with Crippen LogP contribution in [0.15, 0.2) is 12.1 Å². The van der Waals surface area contributed by atoms with Crippen LogP contribution >= 0.6 is 0 Å². The van der Waals surface area contributed by atoms with Crippen molar-refractivity contribution < 1.29 is 0 Å². The molecule has 0 aliphatic carbocycles. The van der Waals surface area contributed by atoms with Crippen molar-refractivity contribution in [1.29, 1.82) is 0 Å². The summed E-state index contributed by atoms with van der Waals surface area (Å²) < 4.78 is 0. The van der Waals surface area contributed by atoms with Gasteiger partial charge in [0.15, 0.2) is 0 Å². The van der Waals surface area contributed by atoms with Gasteiger partial charge in [-0.25, -0.2) is 4.98 Å². The fourth-order valence-corrected chi connectivity index (χ4v) is 2.18. The van der Waals surface area contributed by atoms with Crippen LogP contribution in [0.1, 0.15) is 51.8 Å². The molecule has 0 aromatic carbocycles. The molecule has 0 spiro atoms. The van der Waals surface area contributed by atoms with Crippen LogP contribution in [0.2, 0.25) is 0 Å². The summed E-state index contributed by atoms with van der Waals surface area (Å²) in [5.74, 6) is 1.53. The highest BCUT2D eigenvalue weighted by atomic mass is 15.2. The molecule has 108 valence electrons. The number of hydrogen-bond donors (Lipinski definition) is 1. The Balaban J connectivity index is 3.04. The van der Waals surface area contributed by atoms with Gasteiger partial charge in [0, 0.05) is 25.8 Å². The van der Waals surface area contributed by atoms with E-state index in [0.29, 0.717) is 5.92 Å². The molecule has 0 atom stereocenters. The zero-order valence-corrected chi connectivity index (χ0v) is 13.5. The Morgan fingerprint density at radius 2 is 1.89 bits per heavy atom. The number of nitrogens with zero attached hydrogens (tertiary/aromatic N) is 2. The number of rotatable bonds is 5. The van der Waals surface area contributed by atoms with Crippen LogP contribution < -0.4 is 10.2 Å². The van der Waals surface area contributed by atoms with E-state index in [4.69, 9.17) is 4.98 Å². The first-order valence-electron chi connectivity index (χ1n) is 7.09. The number of aromatic nitrogens is 1. The van der Waals surface area contributed by atoms with Crippen molar-refractivity contribution in [3.63, 3.8) is 0 Å². The molecule has 1 N–H and O–H groups in total. The van der Waals surface area contributed by atoms with Gasteiger partial charge in [0.05, 0.1) is 0 Å². The standard InChI is InChI=1S/C16H29N3/c1-12(2)14-8-13(10-17-6)9-15(18-14)19(7)11-16(3,4)5/h8-9,12,17H,10-11H2,1-7H3. The van der Waals surface area contributed by atoms with Gasteiger partial charge in [-0.3, -0.25) is 0 Å². The molecule has 0 aliphatic heterocycles. The van der Waals surface area contributed by atoms with Crippen molar-refractivity contribution in [3.8, 4) is 0 Å². The van der Waals surface area contributed by atoms with E-state index in [2.05, 4.69) is 64.0 Å². The lowest BCUT2D eigenvalue weighted by Gasteiger charge is -2.28. The third-order valence-electron chi connectivity index (χ3n) is 2.97. The zero-order chi connectivity index (χ0) is 14.6. The molecule has 1 aromatic heterocycles. The van der Waals surface area contributed by atoms with Gasteiger partial charge in [-0.15, -0.1) is 0 Å². The molecule has 0 aliphatic rings. The molecule has 0 radical (unpaired) electrons. The highest BCUT2D eigenvalue weighted by Gasteiger charge is 2.16. The quantitative estimate of drug-likeness (QED) is 0.882. The lowest BCUT2D eigenvalue weighted by atomic mass is 9.96. The summed E-state index contributed by atoms with van der Waals surface area (Å²) in [5, 5.41) is 3.22. The normalized spacial score (nSPS) is 12.0. The summed E-state index contributed by atoms with van der Waals surface area (Å²) in [6.45, 7) is 13.0. The molecular weight excluding hydrogens is 234 g/mol. The van der Waals surface area contributed by atoms with E-state index in [1.807, 2.05) is 7.05 Å². The lowest BCUT2D eigenvalue weighted by molar-refractivity contribution is 0.417. The summed E-state index contributed by atoms with van der Waals surface area (Å²) in [6, 6.07) is 4.39. The van der Waals surface area contributed by atoms with Crippen LogP contribution in [0.25, 0.3) is 0 Å². The molecule has 1 aromatic rings. The minimum atomic E-state index is 0.271. The molecule has 3 nitrogen and oxygen atoms in total. The summed E-state index contributed by atoms with van der Waals surface area (Å²) in [7, 11) is 4.11. The van der Waals surface area contributed by atoms with Gasteiger partial charge in [0.1, 0.15) is 5.82 Å². The monoisotopic (exact) mass is 263 g/mol. The number of pyridine rings is 1. The molecule has 1 rings (SSSR count). The minimum absolute atomic E-state index is 0.271. The van der Waals surface area contributed by atoms with Crippen molar-refractivity contribution in [3.05, 3.63) is 23.4 Å². The first-order valence-corrected chi connectivity index (χ1v) is 7.09. The summed E-state index contributed by atoms with van der Waals surface area (Å²) >= 11 is 0. The van der Waals surface area contributed by atoms with Crippen LogP contribution in [0.4, 0.5) is 5.82 Å². The average Bonchev–Trinajstić information content (AvgIpc) is 2.26. The largest absolute Gasteiger partial charge is 0.359 e. The second-order valence-corrected chi connectivity index (χ2v) is 6.86. The van der Waals surface area contributed by atoms with E-state index in [9.17, 15) is 0 Å². The second-order valence-electron chi connectivity index (χ2n) is 6.86. The number of anilines is 1. The van der Waals surface area contributed by atoms with Crippen molar-refractivity contribution in [2.45, 2.75) is 47.1 Å². The lowest BCUT2D eigenvalue weighted by Crippen LogP contribution is -2.30. The summed E-state index contributed by atoms with van der Waals surface area (Å²) in [4.78, 5) is 7.05. The van der Waals surface area contributed by atoms with Crippen molar-refractivity contribution >= 4 is 5.82 Å². The zero-order valence-electron chi connectivity index (χ0n) is 13.5. The predicted octanol–water partition coefficient (Wildman–Crippen LogP) is 3.41. The second kappa shape index (κ2) is 6.38. The minimum Gasteiger partial charge on any atom is -0.359 e. The van der Waals surface area contributed by atoms with Crippen LogP contribution in [0.5, 0.6) is 0 Å². The molecule has 1 heterocycles. The third kappa shape index (κ3) is 5.19. The third-order valence-corrected chi connectivity index (χ3v) is 2.97. The van der Waals surface area contributed by atoms with E-state index < -0.39 is 0 Å². The van der Waals surface area contributed by atoms with Gasteiger partial charge < -0.3 is 10.2 Å². The number of hydrogen-bond acceptors (Lipinski definition) is 3. The fraction of sp³-hybridized carbons (Fsp3) is 0.688. The Morgan fingerprint density at radius 1 is 1.26 bits per heavy atom. The number of nitrogens with one attached hydrogen (secondary N) is 1. The molecule has 0 bridgehead atoms. The van der Waals surface area contributed by atoms with Gasteiger partial charge >= 0.3 is 0 Å². The highest BCUT2D eigenvalue weighted by Crippen LogP contribution is 2.23. The van der Waals surface area contributed by atoms with Gasteiger partial charge in [-0.1, -0.05) is 34.6 Å². The molecule has 0 fully saturated rings. The Labute approximate surface area is 118 Å². The van der Waals surface area contributed by atoms with Gasteiger partial charge in [0.25, 0.3) is 0 Å². The Bertz CT molecular complexity index is 405. The van der Waals surface area contributed by atoms with Crippen molar-refractivity contribution in [2.24, 2.45) is 5.41 Å². The Kier molecular flexibility index (Phi) is 5.36. The smallest absolute Gasteiger partial charge is 0.128 e. The molecule has 3 heteroatoms. The van der Waals surface area contributed by atoms with Crippen molar-refractivity contribution in [1.82, 2.24) is 10.3 Å². The topological polar surface area (TPSA) is 28.2 Å². The first-order chi connectivity index (χ1) is 8.73. The molecule has 0 unspecified atom stereocenters. The molecule has 19 heavy (non-hydrogen) atoms. The molecule has 0 saturated heterocycles. The van der Waals surface area contributed by atoms with E-state index in [1.165, 1.54) is 11.3 Å². The molecule has 0 saturated carbocycles. The van der Waals surface area contributed by atoms with E-state index in [1.54, 1.807) is 0 Å². The van der Waals surface area contributed by atoms with Crippen LogP contribution in [0, 0.1) is 5.41 Å². The van der Waals surface area contributed by atoms with Crippen molar-refractivity contribution in [2.75, 3.05) is 25.5 Å². The van der Waals surface area contributed by atoms with E-state index in [-0.39, 0.29) is 5.41 Å². The fourth-order valence-electron chi connectivity index (χ4n) is 2.18. The summed E-state index contributed by atoms with van der Waals surface area (Å²) in [6.07, 6.45) is 0. The van der Waals surface area contributed by atoms with Crippen LogP contribution in [-0.2, 0) is 6.54 Å². The highest BCUT2D eigenvalue weighted by molar-refractivity contribution is 5.42. The van der Waals surface area contributed by atoms with Gasteiger partial charge in [-0.2, -0.15) is 0 Å². The Morgan fingerprint density at radius 3 is 2.37 bits per heavy atom. The van der Waals surface area contributed by atoms with Gasteiger partial charge in [0.2, 0.25) is 0 Å². The maximum Gasteiger partial charge on any atom is 0.128 e.